The first-order valence-corrected chi connectivity index (χ1v) is 8.19. The van der Waals surface area contributed by atoms with Gasteiger partial charge in [-0.25, -0.2) is 26.7 Å². The lowest BCUT2D eigenvalue weighted by Crippen LogP contribution is -2.40. The molecule has 162 valence electrons. The third-order valence-corrected chi connectivity index (χ3v) is 3.84. The molecule has 0 unspecified atom stereocenters. The highest BCUT2D eigenvalue weighted by atomic mass is 19.2. The van der Waals surface area contributed by atoms with Gasteiger partial charge in [0.25, 0.3) is 0 Å². The van der Waals surface area contributed by atoms with E-state index in [0.717, 1.165) is 13.8 Å². The summed E-state index contributed by atoms with van der Waals surface area (Å²) >= 11 is 0. The van der Waals surface area contributed by atoms with Crippen molar-refractivity contribution in [1.29, 1.82) is 0 Å². The molecule has 2 aromatic carbocycles. The molecule has 0 aliphatic carbocycles. The molecule has 0 fully saturated rings. The Hall–Kier alpha value is -3.31. The molecule has 0 atom stereocenters. The lowest BCUT2D eigenvalue weighted by molar-refractivity contribution is -0.388. The third-order valence-electron chi connectivity index (χ3n) is 3.84. The number of hydrogen-bond donors (Lipinski definition) is 0. The lowest BCUT2D eigenvalue weighted by Gasteiger charge is -2.24. The largest absolute Gasteiger partial charge is 0.469 e. The first-order chi connectivity index (χ1) is 13.8. The summed E-state index contributed by atoms with van der Waals surface area (Å²) in [5, 5.41) is 11.3. The van der Waals surface area contributed by atoms with E-state index in [1.165, 1.54) is 6.92 Å². The molecule has 12 heteroatoms. The average Bonchev–Trinajstić information content (AvgIpc) is 2.63. The van der Waals surface area contributed by atoms with E-state index in [2.05, 4.69) is 0 Å². The summed E-state index contributed by atoms with van der Waals surface area (Å²) in [6.07, 6.45) is 0. The molecule has 0 aliphatic rings. The van der Waals surface area contributed by atoms with Crippen molar-refractivity contribution in [2.24, 2.45) is 0 Å². The molecule has 0 heterocycles. The molecule has 0 N–H and O–H groups in total. The van der Waals surface area contributed by atoms with Crippen LogP contribution in [0, 0.1) is 45.0 Å². The van der Waals surface area contributed by atoms with E-state index < -0.39 is 74.0 Å². The van der Waals surface area contributed by atoms with Gasteiger partial charge in [0.15, 0.2) is 23.3 Å². The fourth-order valence-electron chi connectivity index (χ4n) is 2.46. The summed E-state index contributed by atoms with van der Waals surface area (Å²) in [7, 11) is 0. The van der Waals surface area contributed by atoms with E-state index >= 15 is 0 Å². The molecule has 0 amide bonds. The van der Waals surface area contributed by atoms with Gasteiger partial charge >= 0.3 is 11.7 Å². The third kappa shape index (κ3) is 4.02. The smallest absolute Gasteiger partial charge is 0.349 e. The van der Waals surface area contributed by atoms with Gasteiger partial charge in [0.05, 0.1) is 17.1 Å². The van der Waals surface area contributed by atoms with Gasteiger partial charge in [-0.3, -0.25) is 10.1 Å². The Morgan fingerprint density at radius 2 is 1.60 bits per heavy atom. The highest BCUT2D eigenvalue weighted by molar-refractivity contribution is 5.79. The van der Waals surface area contributed by atoms with Crippen molar-refractivity contribution < 1.29 is 45.5 Å². The van der Waals surface area contributed by atoms with Crippen LogP contribution in [0.15, 0.2) is 12.1 Å². The van der Waals surface area contributed by atoms with Gasteiger partial charge in [-0.1, -0.05) is 0 Å². The molecule has 0 bridgehead atoms. The lowest BCUT2D eigenvalue weighted by atomic mass is 10.0. The number of carbonyl (C=O) groups excluding carboxylic acids is 1. The Morgan fingerprint density at radius 1 is 1.00 bits per heavy atom. The summed E-state index contributed by atoms with van der Waals surface area (Å²) in [5.74, 6) is -14.6. The molecular weight excluding hydrogens is 424 g/mol. The van der Waals surface area contributed by atoms with Crippen LogP contribution < -0.4 is 4.74 Å². The van der Waals surface area contributed by atoms with Crippen molar-refractivity contribution in [3.63, 3.8) is 0 Å². The van der Waals surface area contributed by atoms with Crippen LogP contribution in [-0.2, 0) is 9.53 Å². The number of hydrogen-bond acceptors (Lipinski definition) is 5. The zero-order valence-corrected chi connectivity index (χ0v) is 15.6. The summed E-state index contributed by atoms with van der Waals surface area (Å²) in [6.45, 7) is 3.57. The standard InChI is InChI=1S/C18H13F6NO5/c1-4-29-17(26)18(2,3)30-10-6-8(19)11(14(23)16(10)25(27)28)7-5-9(20)13(22)15(24)12(7)21/h5-6H,4H2,1-3H3. The predicted octanol–water partition coefficient (Wildman–Crippen LogP) is 4.82. The maximum absolute atomic E-state index is 14.8. The van der Waals surface area contributed by atoms with Gasteiger partial charge in [0.1, 0.15) is 5.82 Å². The van der Waals surface area contributed by atoms with E-state index in [9.17, 15) is 41.3 Å². The van der Waals surface area contributed by atoms with Crippen LogP contribution in [0.2, 0.25) is 0 Å². The minimum atomic E-state index is -2.37. The minimum Gasteiger partial charge on any atom is -0.469 e. The number of rotatable bonds is 6. The first kappa shape index (κ1) is 23.0. The normalized spacial score (nSPS) is 11.4. The van der Waals surface area contributed by atoms with E-state index in [1.54, 1.807) is 0 Å². The Bertz CT molecular complexity index is 1040. The topological polar surface area (TPSA) is 78.7 Å². The number of ether oxygens (including phenoxy) is 2. The Kier molecular flexibility index (Phi) is 6.28. The van der Waals surface area contributed by atoms with E-state index in [0.29, 0.717) is 0 Å². The van der Waals surface area contributed by atoms with Crippen molar-refractivity contribution in [2.45, 2.75) is 26.4 Å². The van der Waals surface area contributed by atoms with Crippen molar-refractivity contribution >= 4 is 11.7 Å². The van der Waals surface area contributed by atoms with Crippen molar-refractivity contribution in [3.8, 4) is 16.9 Å². The Labute approximate surface area is 165 Å². The second-order valence-corrected chi connectivity index (χ2v) is 6.33. The molecule has 2 aromatic rings. The van der Waals surface area contributed by atoms with Gasteiger partial charge in [-0.2, -0.15) is 4.39 Å². The number of benzene rings is 2. The van der Waals surface area contributed by atoms with Crippen LogP contribution in [-0.4, -0.2) is 23.1 Å². The zero-order chi connectivity index (χ0) is 23.0. The van der Waals surface area contributed by atoms with Crippen LogP contribution >= 0.6 is 0 Å². The molecule has 0 radical (unpaired) electrons. The molecule has 0 aromatic heterocycles. The summed E-state index contributed by atoms with van der Waals surface area (Å²) in [5.41, 5.74) is -6.44. The van der Waals surface area contributed by atoms with Gasteiger partial charge in [0.2, 0.25) is 17.2 Å². The second-order valence-electron chi connectivity index (χ2n) is 6.33. The average molecular weight is 437 g/mol. The van der Waals surface area contributed by atoms with Crippen LogP contribution in [0.5, 0.6) is 5.75 Å². The van der Waals surface area contributed by atoms with E-state index in [4.69, 9.17) is 9.47 Å². The van der Waals surface area contributed by atoms with Crippen LogP contribution in [0.1, 0.15) is 20.8 Å². The minimum absolute atomic E-state index is 0.0535. The molecule has 0 saturated carbocycles. The highest BCUT2D eigenvalue weighted by Crippen LogP contribution is 2.41. The molecule has 30 heavy (non-hydrogen) atoms. The maximum atomic E-state index is 14.8. The van der Waals surface area contributed by atoms with Crippen molar-refractivity contribution in [1.82, 2.24) is 0 Å². The predicted molar refractivity (Wildman–Crippen MR) is 89.6 cm³/mol. The number of halogens is 6. The fraction of sp³-hybridized carbons (Fsp3) is 0.278. The Balaban J connectivity index is 2.74. The van der Waals surface area contributed by atoms with E-state index in [-0.39, 0.29) is 18.7 Å². The number of nitro groups is 1. The molecule has 6 nitrogen and oxygen atoms in total. The quantitative estimate of drug-likeness (QED) is 0.162. The number of nitro benzene ring substituents is 1. The second kappa shape index (κ2) is 8.20. The maximum Gasteiger partial charge on any atom is 0.349 e. The highest BCUT2D eigenvalue weighted by Gasteiger charge is 2.38. The van der Waals surface area contributed by atoms with E-state index in [1.807, 2.05) is 0 Å². The SMILES string of the molecule is CCOC(=O)C(C)(C)Oc1cc(F)c(-c2cc(F)c(F)c(F)c2F)c(F)c1[N+](=O)[O-]. The molecule has 0 saturated heterocycles. The van der Waals surface area contributed by atoms with Crippen LogP contribution in [0.3, 0.4) is 0 Å². The fourth-order valence-corrected chi connectivity index (χ4v) is 2.46. The van der Waals surface area contributed by atoms with Crippen molar-refractivity contribution in [2.75, 3.05) is 6.61 Å². The molecule has 2 rings (SSSR count). The monoisotopic (exact) mass is 437 g/mol. The molecule has 0 spiro atoms. The zero-order valence-electron chi connectivity index (χ0n) is 15.6. The van der Waals surface area contributed by atoms with Crippen LogP contribution in [0.4, 0.5) is 32.0 Å². The van der Waals surface area contributed by atoms with Gasteiger partial charge < -0.3 is 9.47 Å². The molecular formula is C18H13F6NO5. The number of nitrogens with zero attached hydrogens (tertiary/aromatic N) is 1. The summed E-state index contributed by atoms with van der Waals surface area (Å²) in [4.78, 5) is 21.9. The molecule has 0 aliphatic heterocycles. The Morgan fingerprint density at radius 3 is 2.13 bits per heavy atom. The van der Waals surface area contributed by atoms with Crippen LogP contribution in [0.25, 0.3) is 11.1 Å². The van der Waals surface area contributed by atoms with Gasteiger partial charge in [-0.05, 0) is 26.8 Å². The van der Waals surface area contributed by atoms with Gasteiger partial charge in [0, 0.05) is 11.6 Å². The van der Waals surface area contributed by atoms with Gasteiger partial charge in [-0.15, -0.1) is 0 Å². The first-order valence-electron chi connectivity index (χ1n) is 8.19. The number of esters is 1. The number of carbonyl (C=O) groups is 1. The summed E-state index contributed by atoms with van der Waals surface area (Å²) in [6, 6.07) is 0.179. The summed E-state index contributed by atoms with van der Waals surface area (Å²) < 4.78 is 93.2. The van der Waals surface area contributed by atoms with Crippen molar-refractivity contribution in [3.05, 3.63) is 57.2 Å².